The highest BCUT2D eigenvalue weighted by Crippen LogP contribution is 2.15. The van der Waals surface area contributed by atoms with E-state index in [1.807, 2.05) is 30.3 Å². The summed E-state index contributed by atoms with van der Waals surface area (Å²) in [6.07, 6.45) is 0.782. The molecule has 0 saturated carbocycles. The quantitative estimate of drug-likeness (QED) is 0.739. The van der Waals surface area contributed by atoms with Gasteiger partial charge in [0.25, 0.3) is 0 Å². The van der Waals surface area contributed by atoms with Crippen LogP contribution >= 0.6 is 0 Å². The Bertz CT molecular complexity index is 747. The maximum absolute atomic E-state index is 11.4. The number of hydrogen-bond donors (Lipinski definition) is 1. The molecule has 2 aromatic carbocycles. The lowest BCUT2D eigenvalue weighted by Crippen LogP contribution is -2.01. The second-order valence-electron chi connectivity index (χ2n) is 4.51. The molecule has 0 fully saturated rings. The van der Waals surface area contributed by atoms with E-state index >= 15 is 0 Å². The first-order valence-corrected chi connectivity index (χ1v) is 6.23. The van der Waals surface area contributed by atoms with Gasteiger partial charge in [-0.15, -0.1) is 0 Å². The molecule has 0 bridgehead atoms. The van der Waals surface area contributed by atoms with Gasteiger partial charge < -0.3 is 4.74 Å². The molecule has 0 aliphatic carbocycles. The average molecular weight is 267 g/mol. The molecule has 1 aromatic heterocycles. The molecule has 20 heavy (non-hydrogen) atoms. The van der Waals surface area contributed by atoms with Crippen molar-refractivity contribution in [2.45, 2.75) is 6.42 Å². The van der Waals surface area contributed by atoms with Crippen molar-refractivity contribution in [2.75, 3.05) is 7.11 Å². The first-order valence-electron chi connectivity index (χ1n) is 6.23. The summed E-state index contributed by atoms with van der Waals surface area (Å²) in [5, 5.41) is 10.7. The number of H-pyrrole nitrogens is 1. The lowest BCUT2D eigenvalue weighted by molar-refractivity contribution is 0.0600. The molecule has 1 heterocycles. The van der Waals surface area contributed by atoms with Crippen molar-refractivity contribution in [3.05, 3.63) is 59.2 Å². The van der Waals surface area contributed by atoms with Crippen LogP contribution in [0.1, 0.15) is 21.5 Å². The molecule has 1 N–H and O–H groups in total. The first kappa shape index (κ1) is 12.3. The third-order valence-corrected chi connectivity index (χ3v) is 3.16. The van der Waals surface area contributed by atoms with Crippen molar-refractivity contribution in [2.24, 2.45) is 0 Å². The number of aromatic amines is 1. The van der Waals surface area contributed by atoms with Gasteiger partial charge in [-0.2, -0.15) is 15.4 Å². The fourth-order valence-electron chi connectivity index (χ4n) is 2.11. The van der Waals surface area contributed by atoms with E-state index in [9.17, 15) is 4.79 Å². The lowest BCUT2D eigenvalue weighted by atomic mass is 10.0. The van der Waals surface area contributed by atoms with Crippen molar-refractivity contribution in [3.63, 3.8) is 0 Å². The topological polar surface area (TPSA) is 67.9 Å². The maximum atomic E-state index is 11.4. The Morgan fingerprint density at radius 3 is 2.50 bits per heavy atom. The third kappa shape index (κ3) is 2.38. The number of methoxy groups -OCH3 is 1. The number of esters is 1. The molecule has 0 aliphatic rings. The van der Waals surface area contributed by atoms with Gasteiger partial charge in [0.15, 0.2) is 0 Å². The Morgan fingerprint density at radius 2 is 1.75 bits per heavy atom. The Balaban J connectivity index is 1.81. The van der Waals surface area contributed by atoms with Crippen molar-refractivity contribution >= 4 is 17.0 Å². The smallest absolute Gasteiger partial charge is 0.337 e. The van der Waals surface area contributed by atoms with E-state index in [4.69, 9.17) is 0 Å². The van der Waals surface area contributed by atoms with Crippen LogP contribution in [-0.2, 0) is 11.2 Å². The minimum atomic E-state index is -0.319. The largest absolute Gasteiger partial charge is 0.465 e. The van der Waals surface area contributed by atoms with Gasteiger partial charge in [-0.05, 0) is 41.8 Å². The summed E-state index contributed by atoms with van der Waals surface area (Å²) in [5.74, 6) is -0.319. The molecular formula is C15H13N3O2. The number of rotatable bonds is 3. The van der Waals surface area contributed by atoms with Crippen LogP contribution in [0, 0.1) is 0 Å². The van der Waals surface area contributed by atoms with Gasteiger partial charge in [0.2, 0.25) is 0 Å². The lowest BCUT2D eigenvalue weighted by Gasteiger charge is -2.03. The second-order valence-corrected chi connectivity index (χ2v) is 4.51. The van der Waals surface area contributed by atoms with Gasteiger partial charge in [-0.1, -0.05) is 18.2 Å². The number of nitrogens with one attached hydrogen (secondary N) is 1. The summed E-state index contributed by atoms with van der Waals surface area (Å²) in [4.78, 5) is 11.4. The summed E-state index contributed by atoms with van der Waals surface area (Å²) in [6, 6.07) is 13.4. The van der Waals surface area contributed by atoms with Crippen LogP contribution in [0.3, 0.4) is 0 Å². The highest BCUT2D eigenvalue weighted by atomic mass is 16.5. The summed E-state index contributed by atoms with van der Waals surface area (Å²) >= 11 is 0. The highest BCUT2D eigenvalue weighted by Gasteiger charge is 2.05. The zero-order chi connectivity index (χ0) is 13.9. The van der Waals surface area contributed by atoms with Crippen molar-refractivity contribution < 1.29 is 9.53 Å². The normalized spacial score (nSPS) is 10.7. The molecule has 5 nitrogen and oxygen atoms in total. The van der Waals surface area contributed by atoms with Crippen molar-refractivity contribution in [1.82, 2.24) is 15.4 Å². The summed E-state index contributed by atoms with van der Waals surface area (Å²) in [7, 11) is 1.38. The van der Waals surface area contributed by atoms with Gasteiger partial charge in [0, 0.05) is 0 Å². The maximum Gasteiger partial charge on any atom is 0.337 e. The van der Waals surface area contributed by atoms with Gasteiger partial charge in [0.05, 0.1) is 12.7 Å². The number of fused-ring (bicyclic) bond motifs is 1. The zero-order valence-electron chi connectivity index (χ0n) is 11.0. The molecule has 0 unspecified atom stereocenters. The van der Waals surface area contributed by atoms with Gasteiger partial charge >= 0.3 is 5.97 Å². The van der Waals surface area contributed by atoms with Crippen LogP contribution in [0.4, 0.5) is 0 Å². The van der Waals surface area contributed by atoms with E-state index in [2.05, 4.69) is 20.1 Å². The molecule has 5 heteroatoms. The number of carbonyl (C=O) groups excluding carboxylic acids is 1. The summed E-state index contributed by atoms with van der Waals surface area (Å²) < 4.78 is 4.68. The number of nitrogens with zero attached hydrogens (tertiary/aromatic N) is 2. The molecule has 0 saturated heterocycles. The number of ether oxygens (including phenoxy) is 1. The third-order valence-electron chi connectivity index (χ3n) is 3.16. The Hall–Kier alpha value is -2.69. The molecule has 0 amide bonds. The van der Waals surface area contributed by atoms with Crippen LogP contribution in [-0.4, -0.2) is 28.5 Å². The van der Waals surface area contributed by atoms with Crippen LogP contribution in [0.5, 0.6) is 0 Å². The minimum absolute atomic E-state index is 0.319. The minimum Gasteiger partial charge on any atom is -0.465 e. The van der Waals surface area contributed by atoms with Crippen molar-refractivity contribution in [1.29, 1.82) is 0 Å². The number of hydrogen-bond acceptors (Lipinski definition) is 4. The van der Waals surface area contributed by atoms with Crippen LogP contribution in [0.15, 0.2) is 42.5 Å². The molecule has 3 aromatic rings. The molecule has 0 radical (unpaired) electrons. The number of carbonyl (C=O) groups is 1. The van der Waals surface area contributed by atoms with E-state index < -0.39 is 0 Å². The summed E-state index contributed by atoms with van der Waals surface area (Å²) in [6.45, 7) is 0. The molecule has 3 rings (SSSR count). The number of aromatic nitrogens is 3. The first-order chi connectivity index (χ1) is 9.76. The Labute approximate surface area is 115 Å². The molecule has 0 atom stereocenters. The van der Waals surface area contributed by atoms with Gasteiger partial charge in [-0.25, -0.2) is 4.79 Å². The SMILES string of the molecule is COC(=O)c1ccc(Cc2ccc3n[nH]nc3c2)cc1. The Kier molecular flexibility index (Phi) is 3.16. The molecule has 0 spiro atoms. The van der Waals surface area contributed by atoms with E-state index in [1.165, 1.54) is 7.11 Å². The standard InChI is InChI=1S/C15H13N3O2/c1-20-15(19)12-5-2-10(3-6-12)8-11-4-7-13-14(9-11)17-18-16-13/h2-7,9H,8H2,1H3,(H,16,17,18). The fourth-order valence-corrected chi connectivity index (χ4v) is 2.11. The zero-order valence-corrected chi connectivity index (χ0v) is 11.0. The average Bonchev–Trinajstić information content (AvgIpc) is 2.95. The van der Waals surface area contributed by atoms with Gasteiger partial charge in [0.1, 0.15) is 11.0 Å². The highest BCUT2D eigenvalue weighted by molar-refractivity contribution is 5.89. The van der Waals surface area contributed by atoms with Crippen molar-refractivity contribution in [3.8, 4) is 0 Å². The monoisotopic (exact) mass is 267 g/mol. The molecular weight excluding hydrogens is 254 g/mol. The van der Waals surface area contributed by atoms with Crippen LogP contribution in [0.2, 0.25) is 0 Å². The van der Waals surface area contributed by atoms with E-state index in [0.29, 0.717) is 5.56 Å². The van der Waals surface area contributed by atoms with E-state index in [-0.39, 0.29) is 5.97 Å². The fraction of sp³-hybridized carbons (Fsp3) is 0.133. The predicted octanol–water partition coefficient (Wildman–Crippen LogP) is 2.34. The number of benzene rings is 2. The Morgan fingerprint density at radius 1 is 1.05 bits per heavy atom. The van der Waals surface area contributed by atoms with Crippen LogP contribution < -0.4 is 0 Å². The van der Waals surface area contributed by atoms with Crippen LogP contribution in [0.25, 0.3) is 11.0 Å². The van der Waals surface area contributed by atoms with E-state index in [0.717, 1.165) is 28.6 Å². The predicted molar refractivity (Wildman–Crippen MR) is 74.5 cm³/mol. The molecule has 100 valence electrons. The van der Waals surface area contributed by atoms with E-state index in [1.54, 1.807) is 12.1 Å². The summed E-state index contributed by atoms with van der Waals surface area (Å²) in [5.41, 5.74) is 4.55. The second kappa shape index (κ2) is 5.13. The molecule has 0 aliphatic heterocycles. The van der Waals surface area contributed by atoms with Gasteiger partial charge in [-0.3, -0.25) is 0 Å².